The molecule has 1 amide bonds. The minimum atomic E-state index is -0.344. The van der Waals surface area contributed by atoms with Gasteiger partial charge < -0.3 is 8.94 Å². The Morgan fingerprint density at radius 2 is 2.44 bits per heavy atom. The van der Waals surface area contributed by atoms with Crippen molar-refractivity contribution >= 4 is 5.91 Å². The number of aryl methyl sites for hydroxylation is 1. The summed E-state index contributed by atoms with van der Waals surface area (Å²) in [5, 5.41) is 3.58. The molecule has 0 fully saturated rings. The number of hydrazine groups is 1. The van der Waals surface area contributed by atoms with Gasteiger partial charge in [-0.1, -0.05) is 5.16 Å². The second-order valence-electron chi connectivity index (χ2n) is 3.21. The molecule has 0 saturated heterocycles. The molecule has 0 aliphatic carbocycles. The molecular weight excluding hydrogens is 210 g/mol. The van der Waals surface area contributed by atoms with Gasteiger partial charge in [0, 0.05) is 6.07 Å². The molecule has 0 unspecified atom stereocenters. The molecule has 0 aliphatic heterocycles. The largest absolute Gasteiger partial charge is 0.468 e. The first-order valence-electron chi connectivity index (χ1n) is 4.74. The Hall–Kier alpha value is -2.08. The first kappa shape index (κ1) is 10.4. The lowest BCUT2D eigenvalue weighted by atomic mass is 10.4. The first-order chi connectivity index (χ1) is 7.75. The molecule has 6 nitrogen and oxygen atoms in total. The predicted octanol–water partition coefficient (Wildman–Crippen LogP) is 1.01. The molecule has 0 atom stereocenters. The van der Waals surface area contributed by atoms with Crippen LogP contribution in [-0.4, -0.2) is 11.1 Å². The van der Waals surface area contributed by atoms with Gasteiger partial charge in [0.05, 0.1) is 12.8 Å². The van der Waals surface area contributed by atoms with Gasteiger partial charge in [-0.3, -0.25) is 10.2 Å². The quantitative estimate of drug-likeness (QED) is 0.753. The van der Waals surface area contributed by atoms with Crippen molar-refractivity contribution in [3.8, 4) is 0 Å². The van der Waals surface area contributed by atoms with Crippen LogP contribution in [0.2, 0.25) is 0 Å². The number of carbonyl (C=O) groups is 1. The van der Waals surface area contributed by atoms with Crippen LogP contribution in [0.25, 0.3) is 0 Å². The van der Waals surface area contributed by atoms with E-state index in [-0.39, 0.29) is 11.6 Å². The predicted molar refractivity (Wildman–Crippen MR) is 54.3 cm³/mol. The highest BCUT2D eigenvalue weighted by atomic mass is 16.5. The van der Waals surface area contributed by atoms with E-state index in [0.29, 0.717) is 12.3 Å². The fraction of sp³-hybridized carbons (Fsp3) is 0.200. The molecule has 6 heteroatoms. The van der Waals surface area contributed by atoms with Crippen molar-refractivity contribution < 1.29 is 13.7 Å². The summed E-state index contributed by atoms with van der Waals surface area (Å²) >= 11 is 0. The van der Waals surface area contributed by atoms with Gasteiger partial charge in [-0.25, -0.2) is 5.43 Å². The van der Waals surface area contributed by atoms with Crippen LogP contribution in [0, 0.1) is 6.92 Å². The number of carbonyl (C=O) groups excluding carboxylic acids is 1. The maximum Gasteiger partial charge on any atom is 0.287 e. The zero-order valence-corrected chi connectivity index (χ0v) is 8.69. The van der Waals surface area contributed by atoms with Crippen LogP contribution in [0.3, 0.4) is 0 Å². The summed E-state index contributed by atoms with van der Waals surface area (Å²) in [6.45, 7) is 2.13. The van der Waals surface area contributed by atoms with Crippen LogP contribution in [0.15, 0.2) is 33.4 Å². The summed E-state index contributed by atoms with van der Waals surface area (Å²) < 4.78 is 9.86. The first-order valence-corrected chi connectivity index (χ1v) is 4.74. The van der Waals surface area contributed by atoms with Crippen LogP contribution in [0.4, 0.5) is 0 Å². The smallest absolute Gasteiger partial charge is 0.287 e. The topological polar surface area (TPSA) is 80.3 Å². The van der Waals surface area contributed by atoms with E-state index in [1.54, 1.807) is 31.4 Å². The molecule has 2 N–H and O–H groups in total. The second kappa shape index (κ2) is 4.63. The van der Waals surface area contributed by atoms with Gasteiger partial charge in [-0.05, 0) is 19.1 Å². The number of nitrogens with one attached hydrogen (secondary N) is 2. The lowest BCUT2D eigenvalue weighted by Gasteiger charge is -2.02. The van der Waals surface area contributed by atoms with Gasteiger partial charge >= 0.3 is 0 Å². The molecule has 0 radical (unpaired) electrons. The van der Waals surface area contributed by atoms with Crippen LogP contribution in [0.1, 0.15) is 22.0 Å². The Kier molecular flexibility index (Phi) is 3.02. The van der Waals surface area contributed by atoms with Crippen molar-refractivity contribution in [2.24, 2.45) is 0 Å². The van der Waals surface area contributed by atoms with Gasteiger partial charge in [0.25, 0.3) is 5.91 Å². The third-order valence-corrected chi connectivity index (χ3v) is 1.91. The van der Waals surface area contributed by atoms with Crippen molar-refractivity contribution in [1.82, 2.24) is 16.0 Å². The van der Waals surface area contributed by atoms with Gasteiger partial charge in [0.2, 0.25) is 0 Å². The van der Waals surface area contributed by atoms with Crippen LogP contribution >= 0.6 is 0 Å². The molecule has 84 valence electrons. The standard InChI is InChI=1S/C10H11N3O3/c1-7-5-9(13-16-7)10(14)12-11-6-8-3-2-4-15-8/h2-5,11H,6H2,1H3,(H,12,14). The van der Waals surface area contributed by atoms with Gasteiger partial charge in [0.1, 0.15) is 11.5 Å². The van der Waals surface area contributed by atoms with E-state index in [9.17, 15) is 4.79 Å². The second-order valence-corrected chi connectivity index (χ2v) is 3.21. The Bertz CT molecular complexity index is 461. The zero-order chi connectivity index (χ0) is 11.4. The summed E-state index contributed by atoms with van der Waals surface area (Å²) in [4.78, 5) is 11.5. The highest BCUT2D eigenvalue weighted by molar-refractivity contribution is 5.91. The number of rotatable bonds is 4. The summed E-state index contributed by atoms with van der Waals surface area (Å²) in [6, 6.07) is 5.14. The van der Waals surface area contributed by atoms with Crippen LogP contribution in [-0.2, 0) is 6.54 Å². The third-order valence-electron chi connectivity index (χ3n) is 1.91. The summed E-state index contributed by atoms with van der Waals surface area (Å²) in [5.74, 6) is 0.983. The number of aromatic nitrogens is 1. The lowest BCUT2D eigenvalue weighted by Crippen LogP contribution is -2.36. The van der Waals surface area contributed by atoms with Gasteiger partial charge in [-0.2, -0.15) is 0 Å². The van der Waals surface area contributed by atoms with Gasteiger partial charge in [0.15, 0.2) is 5.69 Å². The number of hydrogen-bond donors (Lipinski definition) is 2. The number of hydrogen-bond acceptors (Lipinski definition) is 5. The third kappa shape index (κ3) is 2.48. The van der Waals surface area contributed by atoms with E-state index in [1.807, 2.05) is 0 Å². The summed E-state index contributed by atoms with van der Waals surface area (Å²) in [5.41, 5.74) is 5.44. The number of furan rings is 1. The fourth-order valence-corrected chi connectivity index (χ4v) is 1.16. The van der Waals surface area contributed by atoms with E-state index in [0.717, 1.165) is 5.76 Å². The highest BCUT2D eigenvalue weighted by Crippen LogP contribution is 2.01. The molecule has 0 aromatic carbocycles. The molecular formula is C10H11N3O3. The van der Waals surface area contributed by atoms with Crippen molar-refractivity contribution in [3.05, 3.63) is 41.7 Å². The molecule has 0 saturated carbocycles. The van der Waals surface area contributed by atoms with Crippen molar-refractivity contribution in [3.63, 3.8) is 0 Å². The zero-order valence-electron chi connectivity index (χ0n) is 8.69. The molecule has 2 aromatic rings. The normalized spacial score (nSPS) is 10.3. The van der Waals surface area contributed by atoms with E-state index in [1.165, 1.54) is 0 Å². The maximum absolute atomic E-state index is 11.5. The Labute approximate surface area is 91.6 Å². The van der Waals surface area contributed by atoms with E-state index >= 15 is 0 Å². The fourth-order valence-electron chi connectivity index (χ4n) is 1.16. The summed E-state index contributed by atoms with van der Waals surface area (Å²) in [7, 11) is 0. The van der Waals surface area contributed by atoms with Crippen molar-refractivity contribution in [1.29, 1.82) is 0 Å². The van der Waals surface area contributed by atoms with E-state index < -0.39 is 0 Å². The van der Waals surface area contributed by atoms with Crippen molar-refractivity contribution in [2.45, 2.75) is 13.5 Å². The molecule has 0 spiro atoms. The monoisotopic (exact) mass is 221 g/mol. The molecule has 16 heavy (non-hydrogen) atoms. The van der Waals surface area contributed by atoms with E-state index in [2.05, 4.69) is 16.0 Å². The Balaban J connectivity index is 1.80. The molecule has 2 heterocycles. The highest BCUT2D eigenvalue weighted by Gasteiger charge is 2.09. The van der Waals surface area contributed by atoms with Gasteiger partial charge in [-0.15, -0.1) is 0 Å². The minimum absolute atomic E-state index is 0.240. The average molecular weight is 221 g/mol. The average Bonchev–Trinajstić information content (AvgIpc) is 2.89. The number of nitrogens with zero attached hydrogens (tertiary/aromatic N) is 1. The molecule has 2 aromatic heterocycles. The Morgan fingerprint density at radius 1 is 1.56 bits per heavy atom. The van der Waals surface area contributed by atoms with Crippen LogP contribution < -0.4 is 10.9 Å². The van der Waals surface area contributed by atoms with E-state index in [4.69, 9.17) is 8.94 Å². The van der Waals surface area contributed by atoms with Crippen LogP contribution in [0.5, 0.6) is 0 Å². The minimum Gasteiger partial charge on any atom is -0.468 e. The molecule has 0 aliphatic rings. The number of amides is 1. The molecule has 0 bridgehead atoms. The Morgan fingerprint density at radius 3 is 3.06 bits per heavy atom. The lowest BCUT2D eigenvalue weighted by molar-refractivity contribution is 0.0922. The maximum atomic E-state index is 11.5. The molecule has 2 rings (SSSR count). The van der Waals surface area contributed by atoms with Crippen molar-refractivity contribution in [2.75, 3.05) is 0 Å². The summed E-state index contributed by atoms with van der Waals surface area (Å²) in [6.07, 6.45) is 1.57. The SMILES string of the molecule is Cc1cc(C(=O)NNCc2ccco2)no1.